The van der Waals surface area contributed by atoms with Gasteiger partial charge in [-0.2, -0.15) is 0 Å². The zero-order chi connectivity index (χ0) is 21.7. The molecule has 2 aromatic carbocycles. The summed E-state index contributed by atoms with van der Waals surface area (Å²) in [5.74, 6) is 1.63. The number of anilines is 1. The molecular formula is C21H24ClN3O6. The van der Waals surface area contributed by atoms with Crippen molar-refractivity contribution in [2.24, 2.45) is 5.73 Å². The molecule has 3 rings (SSSR count). The van der Waals surface area contributed by atoms with Crippen molar-refractivity contribution in [1.82, 2.24) is 5.16 Å². The SMILES string of the molecule is COc1ccc(-c2conc2-c2cc(OC)c(OC)c(OC)c2)cc1NC(=O)CN.Cl. The lowest BCUT2D eigenvalue weighted by Gasteiger charge is -2.14. The Morgan fingerprint density at radius 1 is 0.968 bits per heavy atom. The Kier molecular flexibility index (Phi) is 8.12. The van der Waals surface area contributed by atoms with E-state index in [-0.39, 0.29) is 24.9 Å². The van der Waals surface area contributed by atoms with Gasteiger partial charge in [-0.25, -0.2) is 0 Å². The van der Waals surface area contributed by atoms with Crippen LogP contribution in [0.2, 0.25) is 0 Å². The lowest BCUT2D eigenvalue weighted by molar-refractivity contribution is -0.114. The van der Waals surface area contributed by atoms with E-state index in [4.69, 9.17) is 29.2 Å². The zero-order valence-electron chi connectivity index (χ0n) is 17.6. The molecule has 0 spiro atoms. The summed E-state index contributed by atoms with van der Waals surface area (Å²) < 4.78 is 26.8. The molecule has 0 aliphatic carbocycles. The molecule has 1 aromatic heterocycles. The van der Waals surface area contributed by atoms with Crippen molar-refractivity contribution < 1.29 is 28.3 Å². The number of methoxy groups -OCH3 is 4. The van der Waals surface area contributed by atoms with Gasteiger partial charge >= 0.3 is 0 Å². The highest BCUT2D eigenvalue weighted by molar-refractivity contribution is 5.95. The standard InChI is InChI=1S/C21H23N3O6.ClH/c1-26-16-6-5-12(7-15(16)23-19(25)10-22)14-11-30-24-20(14)13-8-17(27-2)21(29-4)18(9-13)28-3;/h5-9,11H,10,22H2,1-4H3,(H,23,25);1H. The topological polar surface area (TPSA) is 118 Å². The van der Waals surface area contributed by atoms with E-state index in [0.29, 0.717) is 45.5 Å². The molecule has 0 unspecified atom stereocenters. The van der Waals surface area contributed by atoms with Crippen LogP contribution in [0.5, 0.6) is 23.0 Å². The summed E-state index contributed by atoms with van der Waals surface area (Å²) in [4.78, 5) is 11.8. The van der Waals surface area contributed by atoms with Gasteiger partial charge in [-0.1, -0.05) is 11.2 Å². The fourth-order valence-electron chi connectivity index (χ4n) is 3.04. The van der Waals surface area contributed by atoms with Gasteiger partial charge in [-0.05, 0) is 29.8 Å². The van der Waals surface area contributed by atoms with Crippen LogP contribution in [0.1, 0.15) is 0 Å². The summed E-state index contributed by atoms with van der Waals surface area (Å²) in [7, 11) is 6.14. The predicted octanol–water partition coefficient (Wildman–Crippen LogP) is 3.36. The van der Waals surface area contributed by atoms with Gasteiger partial charge in [0.15, 0.2) is 11.5 Å². The number of nitrogens with two attached hydrogens (primary N) is 1. The highest BCUT2D eigenvalue weighted by Crippen LogP contribution is 2.43. The van der Waals surface area contributed by atoms with E-state index in [9.17, 15) is 4.79 Å². The maximum atomic E-state index is 11.8. The largest absolute Gasteiger partial charge is 0.495 e. The normalized spacial score (nSPS) is 10.1. The Balaban J connectivity index is 0.00000341. The molecule has 0 bridgehead atoms. The van der Waals surface area contributed by atoms with Gasteiger partial charge in [0.1, 0.15) is 17.7 Å². The number of hydrogen-bond acceptors (Lipinski definition) is 8. The Hall–Kier alpha value is -3.43. The second-order valence-corrected chi connectivity index (χ2v) is 6.16. The molecule has 0 radical (unpaired) electrons. The smallest absolute Gasteiger partial charge is 0.238 e. The highest BCUT2D eigenvalue weighted by atomic mass is 35.5. The van der Waals surface area contributed by atoms with Crippen LogP contribution in [0.4, 0.5) is 5.69 Å². The van der Waals surface area contributed by atoms with E-state index in [1.807, 2.05) is 6.07 Å². The number of nitrogens with one attached hydrogen (secondary N) is 1. The molecule has 3 N–H and O–H groups in total. The van der Waals surface area contributed by atoms with Crippen molar-refractivity contribution >= 4 is 24.0 Å². The van der Waals surface area contributed by atoms with Gasteiger partial charge in [0.2, 0.25) is 11.7 Å². The number of carbonyl (C=O) groups is 1. The molecule has 0 fully saturated rings. The predicted molar refractivity (Wildman–Crippen MR) is 119 cm³/mol. The first kappa shape index (κ1) is 23.8. The average Bonchev–Trinajstić information content (AvgIpc) is 3.27. The van der Waals surface area contributed by atoms with Crippen LogP contribution in [0, 0.1) is 0 Å². The number of carbonyl (C=O) groups excluding carboxylic acids is 1. The summed E-state index contributed by atoms with van der Waals surface area (Å²) in [5.41, 5.74) is 8.63. The number of ether oxygens (including phenoxy) is 4. The van der Waals surface area contributed by atoms with E-state index in [2.05, 4.69) is 10.5 Å². The van der Waals surface area contributed by atoms with Crippen molar-refractivity contribution in [1.29, 1.82) is 0 Å². The first-order valence-electron chi connectivity index (χ1n) is 8.99. The van der Waals surface area contributed by atoms with Crippen LogP contribution in [0.15, 0.2) is 41.1 Å². The van der Waals surface area contributed by atoms with Crippen molar-refractivity contribution in [3.05, 3.63) is 36.6 Å². The second-order valence-electron chi connectivity index (χ2n) is 6.16. The third kappa shape index (κ3) is 4.84. The summed E-state index contributed by atoms with van der Waals surface area (Å²) in [5, 5.41) is 6.88. The molecule has 1 heterocycles. The minimum atomic E-state index is -0.333. The second kappa shape index (κ2) is 10.6. The molecule has 0 atom stereocenters. The molecule has 0 aliphatic heterocycles. The van der Waals surface area contributed by atoms with Crippen molar-refractivity contribution in [2.75, 3.05) is 40.3 Å². The van der Waals surface area contributed by atoms with Gasteiger partial charge in [0.25, 0.3) is 0 Å². The molecule has 0 saturated heterocycles. The van der Waals surface area contributed by atoms with E-state index in [1.165, 1.54) is 20.5 Å². The molecule has 10 heteroatoms. The minimum Gasteiger partial charge on any atom is -0.495 e. The van der Waals surface area contributed by atoms with Crippen LogP contribution in [0.25, 0.3) is 22.4 Å². The Bertz CT molecular complexity index is 1030. The first-order chi connectivity index (χ1) is 14.6. The van der Waals surface area contributed by atoms with Crippen molar-refractivity contribution in [2.45, 2.75) is 0 Å². The van der Waals surface area contributed by atoms with Crippen LogP contribution in [-0.4, -0.2) is 46.0 Å². The molecule has 3 aromatic rings. The number of hydrogen-bond donors (Lipinski definition) is 2. The molecule has 1 amide bonds. The zero-order valence-corrected chi connectivity index (χ0v) is 18.4. The molecular weight excluding hydrogens is 426 g/mol. The fourth-order valence-corrected chi connectivity index (χ4v) is 3.04. The lowest BCUT2D eigenvalue weighted by atomic mass is 10.0. The maximum absolute atomic E-state index is 11.8. The third-order valence-electron chi connectivity index (χ3n) is 4.48. The molecule has 0 aliphatic rings. The van der Waals surface area contributed by atoms with Gasteiger partial charge in [0, 0.05) is 11.1 Å². The van der Waals surface area contributed by atoms with E-state index in [0.717, 1.165) is 5.56 Å². The molecule has 166 valence electrons. The highest BCUT2D eigenvalue weighted by Gasteiger charge is 2.20. The average molecular weight is 450 g/mol. The Labute approximate surface area is 185 Å². The van der Waals surface area contributed by atoms with Gasteiger partial charge in [-0.15, -0.1) is 12.4 Å². The Morgan fingerprint density at radius 2 is 1.61 bits per heavy atom. The summed E-state index contributed by atoms with van der Waals surface area (Å²) in [6.07, 6.45) is 1.52. The lowest BCUT2D eigenvalue weighted by Crippen LogP contribution is -2.22. The number of nitrogens with zero attached hydrogens (tertiary/aromatic N) is 1. The number of amides is 1. The van der Waals surface area contributed by atoms with Crippen LogP contribution in [0.3, 0.4) is 0 Å². The number of aromatic nitrogens is 1. The number of halogens is 1. The van der Waals surface area contributed by atoms with Crippen molar-refractivity contribution in [3.8, 4) is 45.4 Å². The van der Waals surface area contributed by atoms with Gasteiger partial charge in [-0.3, -0.25) is 4.79 Å². The molecule has 31 heavy (non-hydrogen) atoms. The van der Waals surface area contributed by atoms with Gasteiger partial charge in [0.05, 0.1) is 40.7 Å². The Morgan fingerprint density at radius 3 is 2.16 bits per heavy atom. The summed E-state index contributed by atoms with van der Waals surface area (Å²) in [6, 6.07) is 8.91. The monoisotopic (exact) mass is 449 g/mol. The van der Waals surface area contributed by atoms with E-state index in [1.54, 1.807) is 38.5 Å². The third-order valence-corrected chi connectivity index (χ3v) is 4.48. The maximum Gasteiger partial charge on any atom is 0.238 e. The summed E-state index contributed by atoms with van der Waals surface area (Å²) >= 11 is 0. The van der Waals surface area contributed by atoms with Crippen LogP contribution in [-0.2, 0) is 4.79 Å². The van der Waals surface area contributed by atoms with Crippen molar-refractivity contribution in [3.63, 3.8) is 0 Å². The van der Waals surface area contributed by atoms with Crippen LogP contribution >= 0.6 is 12.4 Å². The molecule has 9 nitrogen and oxygen atoms in total. The first-order valence-corrected chi connectivity index (χ1v) is 8.99. The van der Waals surface area contributed by atoms with Gasteiger partial charge < -0.3 is 34.5 Å². The number of benzene rings is 2. The molecule has 0 saturated carbocycles. The summed E-state index contributed by atoms with van der Waals surface area (Å²) in [6.45, 7) is -0.142. The number of rotatable bonds is 8. The minimum absolute atomic E-state index is 0. The van der Waals surface area contributed by atoms with E-state index >= 15 is 0 Å². The van der Waals surface area contributed by atoms with Crippen LogP contribution < -0.4 is 30.0 Å². The fraction of sp³-hybridized carbons (Fsp3) is 0.238. The van der Waals surface area contributed by atoms with E-state index < -0.39 is 0 Å². The quantitative estimate of drug-likeness (QED) is 0.537.